The average molecular weight is 376 g/mol. The first kappa shape index (κ1) is 20.1. The smallest absolute Gasteiger partial charge is 0.414 e. The van der Waals surface area contributed by atoms with E-state index in [1.165, 1.54) is 0 Å². The molecule has 4 N–H and O–H groups in total. The molecule has 0 amide bonds. The molecule has 1 aromatic rings. The number of rotatable bonds is 4. The monoisotopic (exact) mass is 375 g/mol. The average Bonchev–Trinajstić information content (AvgIpc) is 2.42. The van der Waals surface area contributed by atoms with Crippen LogP contribution in [0.15, 0.2) is 28.7 Å². The van der Waals surface area contributed by atoms with Crippen LogP contribution < -0.4 is 5.73 Å². The number of nitrogens with two attached hydrogens (primary N) is 1. The highest BCUT2D eigenvalue weighted by Crippen LogP contribution is 2.16. The lowest BCUT2D eigenvalue weighted by atomic mass is 9.94. The molecule has 1 rings (SSSR count). The molecular formula is C14H18BrNO6. The highest BCUT2D eigenvalue weighted by atomic mass is 79.9. The molecule has 7 nitrogen and oxygen atoms in total. The minimum Gasteiger partial charge on any atom is -0.473 e. The van der Waals surface area contributed by atoms with Gasteiger partial charge in [0.2, 0.25) is 0 Å². The predicted octanol–water partition coefficient (Wildman–Crippen LogP) is 1.43. The lowest BCUT2D eigenvalue weighted by Gasteiger charge is -2.22. The van der Waals surface area contributed by atoms with Crippen molar-refractivity contribution >= 4 is 33.8 Å². The van der Waals surface area contributed by atoms with Gasteiger partial charge in [-0.2, -0.15) is 0 Å². The molecule has 0 saturated carbocycles. The summed E-state index contributed by atoms with van der Waals surface area (Å²) in [6, 6.07) is 7.73. The van der Waals surface area contributed by atoms with Gasteiger partial charge in [-0.1, -0.05) is 28.1 Å². The van der Waals surface area contributed by atoms with Crippen molar-refractivity contribution in [2.24, 2.45) is 5.73 Å². The topological polar surface area (TPSA) is 127 Å². The van der Waals surface area contributed by atoms with Crippen LogP contribution in [0.3, 0.4) is 0 Å². The Morgan fingerprint density at radius 3 is 2.00 bits per heavy atom. The van der Waals surface area contributed by atoms with Gasteiger partial charge in [-0.25, -0.2) is 9.59 Å². The van der Waals surface area contributed by atoms with E-state index in [9.17, 15) is 4.79 Å². The van der Waals surface area contributed by atoms with Gasteiger partial charge >= 0.3 is 17.9 Å². The summed E-state index contributed by atoms with van der Waals surface area (Å²) in [6.07, 6.45) is 0.471. The number of aliphatic carboxylic acids is 2. The molecule has 0 heterocycles. The molecule has 0 saturated heterocycles. The molecule has 0 aliphatic heterocycles. The van der Waals surface area contributed by atoms with Crippen molar-refractivity contribution in [2.45, 2.75) is 25.8 Å². The number of hydrogen-bond donors (Lipinski definition) is 3. The van der Waals surface area contributed by atoms with E-state index in [-0.39, 0.29) is 5.97 Å². The lowest BCUT2D eigenvalue weighted by Crippen LogP contribution is -2.48. The number of carboxylic acids is 2. The number of benzene rings is 1. The van der Waals surface area contributed by atoms with Crippen LogP contribution in [0, 0.1) is 0 Å². The number of hydrogen-bond acceptors (Lipinski definition) is 5. The fourth-order valence-electron chi connectivity index (χ4n) is 1.39. The molecule has 0 fully saturated rings. The van der Waals surface area contributed by atoms with Crippen molar-refractivity contribution in [1.82, 2.24) is 0 Å². The predicted molar refractivity (Wildman–Crippen MR) is 82.3 cm³/mol. The maximum absolute atomic E-state index is 11.6. The summed E-state index contributed by atoms with van der Waals surface area (Å²) >= 11 is 3.36. The Hall–Kier alpha value is -1.93. The Morgan fingerprint density at radius 2 is 1.64 bits per heavy atom. The molecule has 1 unspecified atom stereocenters. The van der Waals surface area contributed by atoms with E-state index in [1.54, 1.807) is 13.8 Å². The van der Waals surface area contributed by atoms with E-state index in [2.05, 4.69) is 15.9 Å². The molecule has 0 aliphatic rings. The van der Waals surface area contributed by atoms with Crippen molar-refractivity contribution in [1.29, 1.82) is 0 Å². The number of carbonyl (C=O) groups excluding carboxylic acids is 1. The van der Waals surface area contributed by atoms with Crippen LogP contribution >= 0.6 is 15.9 Å². The third-order valence-corrected chi connectivity index (χ3v) is 2.94. The van der Waals surface area contributed by atoms with Crippen LogP contribution in [0.5, 0.6) is 0 Å². The highest BCUT2D eigenvalue weighted by molar-refractivity contribution is 9.10. The first-order chi connectivity index (χ1) is 10.1. The molecule has 22 heavy (non-hydrogen) atoms. The molecule has 1 aromatic carbocycles. The third-order valence-electron chi connectivity index (χ3n) is 2.41. The zero-order valence-electron chi connectivity index (χ0n) is 12.2. The maximum atomic E-state index is 11.6. The quantitative estimate of drug-likeness (QED) is 0.536. The van der Waals surface area contributed by atoms with E-state index in [0.29, 0.717) is 13.0 Å². The van der Waals surface area contributed by atoms with Crippen molar-refractivity contribution in [3.05, 3.63) is 34.3 Å². The Morgan fingerprint density at radius 1 is 1.18 bits per heavy atom. The number of carboxylic acid groups (broad SMARTS) is 2. The number of ether oxygens (including phenoxy) is 1. The number of carbonyl (C=O) groups is 3. The molecule has 0 aliphatic carbocycles. The fourth-order valence-corrected chi connectivity index (χ4v) is 1.66. The molecule has 0 bridgehead atoms. The largest absolute Gasteiger partial charge is 0.473 e. The maximum Gasteiger partial charge on any atom is 0.414 e. The van der Waals surface area contributed by atoms with Crippen LogP contribution in [-0.4, -0.2) is 40.3 Å². The zero-order chi connectivity index (χ0) is 17.3. The van der Waals surface area contributed by atoms with E-state index in [4.69, 9.17) is 30.3 Å². The summed E-state index contributed by atoms with van der Waals surface area (Å²) in [5.74, 6) is -4.01. The lowest BCUT2D eigenvalue weighted by molar-refractivity contribution is -0.159. The summed E-state index contributed by atoms with van der Waals surface area (Å²) < 4.78 is 5.94. The summed E-state index contributed by atoms with van der Waals surface area (Å²) in [7, 11) is 0. The molecule has 0 aromatic heterocycles. The van der Waals surface area contributed by atoms with Gasteiger partial charge in [0.25, 0.3) is 0 Å². The Bertz CT molecular complexity index is 515. The van der Waals surface area contributed by atoms with E-state index < -0.39 is 17.5 Å². The Balaban J connectivity index is 0.000000626. The summed E-state index contributed by atoms with van der Waals surface area (Å²) in [6.45, 7) is 3.81. The molecule has 0 spiro atoms. The molecule has 1 atom stereocenters. The first-order valence-corrected chi connectivity index (χ1v) is 7.06. The summed E-state index contributed by atoms with van der Waals surface area (Å²) in [5, 5.41) is 14.8. The Kier molecular flexibility index (Phi) is 8.36. The SMILES string of the molecule is CCOC(=O)C(C)(N)Cc1ccc(Br)cc1.O=C(O)C(=O)O. The van der Waals surface area contributed by atoms with Crippen LogP contribution in [0.2, 0.25) is 0 Å². The van der Waals surface area contributed by atoms with Crippen LogP contribution in [0.1, 0.15) is 19.4 Å². The van der Waals surface area contributed by atoms with Gasteiger partial charge in [0.15, 0.2) is 0 Å². The van der Waals surface area contributed by atoms with E-state index in [0.717, 1.165) is 10.0 Å². The van der Waals surface area contributed by atoms with Crippen molar-refractivity contribution in [2.75, 3.05) is 6.61 Å². The van der Waals surface area contributed by atoms with Gasteiger partial charge in [0, 0.05) is 10.9 Å². The van der Waals surface area contributed by atoms with E-state index >= 15 is 0 Å². The standard InChI is InChI=1S/C12H16BrNO2.C2H2O4/c1-3-16-11(15)12(2,14)8-9-4-6-10(13)7-5-9;3-1(4)2(5)6/h4-7H,3,8,14H2,1-2H3;(H,3,4)(H,5,6). The second kappa shape index (κ2) is 9.16. The van der Waals surface area contributed by atoms with Gasteiger partial charge in [-0.15, -0.1) is 0 Å². The second-order valence-corrected chi connectivity index (χ2v) is 5.47. The Labute approximate surface area is 136 Å². The third kappa shape index (κ3) is 7.75. The van der Waals surface area contributed by atoms with Gasteiger partial charge in [0.1, 0.15) is 5.54 Å². The minimum absolute atomic E-state index is 0.353. The van der Waals surface area contributed by atoms with Crippen molar-refractivity contribution in [3.8, 4) is 0 Å². The minimum atomic E-state index is -1.82. The normalized spacial score (nSPS) is 12.4. The summed E-state index contributed by atoms with van der Waals surface area (Å²) in [4.78, 5) is 29.8. The first-order valence-electron chi connectivity index (χ1n) is 6.27. The number of halogens is 1. The molecule has 8 heteroatoms. The van der Waals surface area contributed by atoms with E-state index in [1.807, 2.05) is 24.3 Å². The molecular weight excluding hydrogens is 358 g/mol. The molecule has 0 radical (unpaired) electrons. The van der Waals surface area contributed by atoms with Crippen molar-refractivity contribution < 1.29 is 29.3 Å². The van der Waals surface area contributed by atoms with Crippen LogP contribution in [-0.2, 0) is 25.5 Å². The second-order valence-electron chi connectivity index (χ2n) is 4.55. The van der Waals surface area contributed by atoms with Crippen LogP contribution in [0.25, 0.3) is 0 Å². The van der Waals surface area contributed by atoms with Gasteiger partial charge < -0.3 is 20.7 Å². The van der Waals surface area contributed by atoms with Gasteiger partial charge in [0.05, 0.1) is 6.61 Å². The van der Waals surface area contributed by atoms with Crippen molar-refractivity contribution in [3.63, 3.8) is 0 Å². The van der Waals surface area contributed by atoms with Crippen LogP contribution in [0.4, 0.5) is 0 Å². The summed E-state index contributed by atoms with van der Waals surface area (Å²) in [5.41, 5.74) is 5.98. The highest BCUT2D eigenvalue weighted by Gasteiger charge is 2.29. The molecule has 122 valence electrons. The zero-order valence-corrected chi connectivity index (χ0v) is 13.8. The fraction of sp³-hybridized carbons (Fsp3) is 0.357. The van der Waals surface area contributed by atoms with Gasteiger partial charge in [-0.05, 0) is 31.5 Å². The number of esters is 1. The van der Waals surface area contributed by atoms with Gasteiger partial charge in [-0.3, -0.25) is 4.79 Å².